The van der Waals surface area contributed by atoms with Crippen LogP contribution in [0, 0.1) is 13.8 Å². The van der Waals surface area contributed by atoms with Gasteiger partial charge in [0.1, 0.15) is 5.70 Å². The fraction of sp³-hybridized carbons (Fsp3) is 0.148. The number of fused-ring (bicyclic) bond motifs is 1. The number of hydrogen-bond acceptors (Lipinski definition) is 6. The van der Waals surface area contributed by atoms with Gasteiger partial charge in [-0.15, -0.1) is 0 Å². The van der Waals surface area contributed by atoms with Crippen molar-refractivity contribution in [3.63, 3.8) is 0 Å². The van der Waals surface area contributed by atoms with Crippen molar-refractivity contribution in [3.05, 3.63) is 89.1 Å². The van der Waals surface area contributed by atoms with Crippen molar-refractivity contribution in [3.8, 4) is 11.5 Å². The Bertz CT molecular complexity index is 1370. The van der Waals surface area contributed by atoms with E-state index < -0.39 is 0 Å². The van der Waals surface area contributed by atoms with E-state index in [1.165, 1.54) is 11.8 Å². The van der Waals surface area contributed by atoms with E-state index in [2.05, 4.69) is 10.3 Å². The Kier molecular flexibility index (Phi) is 6.29. The third kappa shape index (κ3) is 4.93. The number of aryl methyl sites for hydroxylation is 2. The monoisotopic (exact) mass is 485 g/mol. The highest BCUT2D eigenvalue weighted by molar-refractivity contribution is 8.14. The maximum Gasteiger partial charge on any atom is 0.283 e. The second-order valence-electron chi connectivity index (χ2n) is 8.16. The number of para-hydroxylation sites is 1. The first kappa shape index (κ1) is 22.7. The molecule has 2 amide bonds. The molecule has 3 aromatic carbocycles. The van der Waals surface area contributed by atoms with E-state index in [4.69, 9.17) is 9.47 Å². The van der Waals surface area contributed by atoms with E-state index in [0.29, 0.717) is 22.4 Å². The number of carbonyl (C=O) groups excluding carboxylic acids is 2. The summed E-state index contributed by atoms with van der Waals surface area (Å²) in [4.78, 5) is 32.2. The summed E-state index contributed by atoms with van der Waals surface area (Å²) in [6.45, 7) is 4.11. The minimum absolute atomic E-state index is 0.111. The van der Waals surface area contributed by atoms with E-state index in [9.17, 15) is 9.59 Å². The second-order valence-corrected chi connectivity index (χ2v) is 9.11. The van der Waals surface area contributed by atoms with E-state index in [-0.39, 0.29) is 30.1 Å². The summed E-state index contributed by atoms with van der Waals surface area (Å²) in [5, 5.41) is 3.37. The number of benzene rings is 3. The van der Waals surface area contributed by atoms with Gasteiger partial charge in [0.15, 0.2) is 16.7 Å². The molecule has 1 N–H and O–H groups in total. The molecule has 2 aliphatic heterocycles. The smallest absolute Gasteiger partial charge is 0.283 e. The lowest BCUT2D eigenvalue weighted by Gasteiger charge is -2.18. The SMILES string of the molecule is Cc1ccc(N2C(=O)/C(=C/c3ccc4c(c3)OCO4)N=C2SCC(=O)Nc2ccccc2C)cc1. The highest BCUT2D eigenvalue weighted by Gasteiger charge is 2.32. The third-order valence-electron chi connectivity index (χ3n) is 5.57. The van der Waals surface area contributed by atoms with Gasteiger partial charge in [-0.05, 0) is 61.4 Å². The number of amides is 2. The molecule has 3 aromatic rings. The van der Waals surface area contributed by atoms with Crippen molar-refractivity contribution < 1.29 is 19.1 Å². The van der Waals surface area contributed by atoms with Gasteiger partial charge < -0.3 is 14.8 Å². The third-order valence-corrected chi connectivity index (χ3v) is 6.51. The quantitative estimate of drug-likeness (QED) is 0.506. The first-order chi connectivity index (χ1) is 17.0. The first-order valence-corrected chi connectivity index (χ1v) is 12.1. The Balaban J connectivity index is 1.39. The van der Waals surface area contributed by atoms with Crippen LogP contribution in [-0.4, -0.2) is 29.5 Å². The molecule has 176 valence electrons. The summed E-state index contributed by atoms with van der Waals surface area (Å²) in [6.07, 6.45) is 1.71. The summed E-state index contributed by atoms with van der Waals surface area (Å²) in [7, 11) is 0. The number of nitrogens with one attached hydrogen (secondary N) is 1. The van der Waals surface area contributed by atoms with Gasteiger partial charge in [0.2, 0.25) is 12.7 Å². The molecule has 35 heavy (non-hydrogen) atoms. The average molecular weight is 486 g/mol. The lowest BCUT2D eigenvalue weighted by molar-refractivity contribution is -0.114. The van der Waals surface area contributed by atoms with Crippen LogP contribution in [0.25, 0.3) is 6.08 Å². The van der Waals surface area contributed by atoms with Crippen LogP contribution in [0.1, 0.15) is 16.7 Å². The molecule has 0 spiro atoms. The van der Waals surface area contributed by atoms with E-state index in [1.54, 1.807) is 17.0 Å². The fourth-order valence-electron chi connectivity index (χ4n) is 3.70. The highest BCUT2D eigenvalue weighted by Crippen LogP contribution is 2.34. The van der Waals surface area contributed by atoms with E-state index >= 15 is 0 Å². The van der Waals surface area contributed by atoms with Gasteiger partial charge in [-0.25, -0.2) is 4.99 Å². The number of thioether (sulfide) groups is 1. The number of carbonyl (C=O) groups is 2. The lowest BCUT2D eigenvalue weighted by atomic mass is 10.1. The standard InChI is InChI=1S/C27H23N3O4S/c1-17-7-10-20(11-8-17)30-26(32)22(13-19-9-12-23-24(14-19)34-16-33-23)29-27(30)35-15-25(31)28-21-6-4-3-5-18(21)2/h3-14H,15-16H2,1-2H3,(H,28,31)/b22-13-. The zero-order valence-corrected chi connectivity index (χ0v) is 20.1. The van der Waals surface area contributed by atoms with Crippen LogP contribution in [0.5, 0.6) is 11.5 Å². The van der Waals surface area contributed by atoms with Gasteiger partial charge in [0, 0.05) is 5.69 Å². The lowest BCUT2D eigenvalue weighted by Crippen LogP contribution is -2.31. The normalized spacial score (nSPS) is 15.5. The first-order valence-electron chi connectivity index (χ1n) is 11.1. The number of nitrogens with zero attached hydrogens (tertiary/aromatic N) is 2. The van der Waals surface area contributed by atoms with Crippen molar-refractivity contribution >= 4 is 46.2 Å². The molecule has 7 nitrogen and oxygen atoms in total. The van der Waals surface area contributed by atoms with Crippen LogP contribution in [0.4, 0.5) is 11.4 Å². The van der Waals surface area contributed by atoms with Crippen LogP contribution in [-0.2, 0) is 9.59 Å². The Morgan fingerprint density at radius 3 is 2.63 bits per heavy atom. The predicted molar refractivity (Wildman–Crippen MR) is 139 cm³/mol. The molecule has 8 heteroatoms. The minimum Gasteiger partial charge on any atom is -0.454 e. The van der Waals surface area contributed by atoms with Crippen molar-refractivity contribution in [2.45, 2.75) is 13.8 Å². The molecule has 0 fully saturated rings. The average Bonchev–Trinajstić information content (AvgIpc) is 3.44. The molecule has 0 saturated heterocycles. The van der Waals surface area contributed by atoms with Crippen LogP contribution < -0.4 is 19.7 Å². The molecule has 0 bridgehead atoms. The van der Waals surface area contributed by atoms with Gasteiger partial charge in [-0.1, -0.05) is 53.7 Å². The summed E-state index contributed by atoms with van der Waals surface area (Å²) in [5.41, 5.74) is 4.58. The van der Waals surface area contributed by atoms with Gasteiger partial charge in [0.05, 0.1) is 11.4 Å². The van der Waals surface area contributed by atoms with E-state index in [0.717, 1.165) is 22.4 Å². The second kappa shape index (κ2) is 9.68. The zero-order valence-electron chi connectivity index (χ0n) is 19.3. The molecule has 5 rings (SSSR count). The molecule has 0 unspecified atom stereocenters. The number of rotatable bonds is 5. The largest absolute Gasteiger partial charge is 0.454 e. The van der Waals surface area contributed by atoms with Crippen molar-refractivity contribution in [1.29, 1.82) is 0 Å². The van der Waals surface area contributed by atoms with Crippen LogP contribution >= 0.6 is 11.8 Å². The molecule has 0 saturated carbocycles. The van der Waals surface area contributed by atoms with Crippen molar-refractivity contribution in [2.75, 3.05) is 22.8 Å². The van der Waals surface area contributed by atoms with Crippen molar-refractivity contribution in [2.24, 2.45) is 4.99 Å². The number of anilines is 2. The molecule has 2 aliphatic rings. The molecule has 0 aliphatic carbocycles. The highest BCUT2D eigenvalue weighted by atomic mass is 32.2. The van der Waals surface area contributed by atoms with Crippen molar-refractivity contribution in [1.82, 2.24) is 0 Å². The Labute approximate surface area is 207 Å². The van der Waals surface area contributed by atoms with Gasteiger partial charge in [-0.2, -0.15) is 0 Å². The number of amidine groups is 1. The molecule has 2 heterocycles. The maximum absolute atomic E-state index is 13.4. The van der Waals surface area contributed by atoms with Crippen LogP contribution in [0.3, 0.4) is 0 Å². The summed E-state index contributed by atoms with van der Waals surface area (Å²) in [5.74, 6) is 0.988. The zero-order chi connectivity index (χ0) is 24.4. The Hall–Kier alpha value is -4.04. The molecule has 0 atom stereocenters. The van der Waals surface area contributed by atoms with Crippen LogP contribution in [0.2, 0.25) is 0 Å². The topological polar surface area (TPSA) is 80.2 Å². The molecular formula is C27H23N3O4S. The Morgan fingerprint density at radius 2 is 1.83 bits per heavy atom. The van der Waals surface area contributed by atoms with Gasteiger partial charge in [-0.3, -0.25) is 14.5 Å². The van der Waals surface area contributed by atoms with E-state index in [1.807, 2.05) is 74.5 Å². The number of hydrogen-bond donors (Lipinski definition) is 1. The maximum atomic E-state index is 13.4. The number of ether oxygens (including phenoxy) is 2. The fourth-order valence-corrected chi connectivity index (χ4v) is 4.52. The minimum atomic E-state index is -0.256. The van der Waals surface area contributed by atoms with Crippen LogP contribution in [0.15, 0.2) is 77.4 Å². The predicted octanol–water partition coefficient (Wildman–Crippen LogP) is 5.15. The molecular weight excluding hydrogens is 462 g/mol. The summed E-state index contributed by atoms with van der Waals surface area (Å²) < 4.78 is 10.8. The number of aliphatic imine (C=N–C) groups is 1. The summed E-state index contributed by atoms with van der Waals surface area (Å²) >= 11 is 1.22. The van der Waals surface area contributed by atoms with Gasteiger partial charge in [0.25, 0.3) is 5.91 Å². The molecule has 0 radical (unpaired) electrons. The Morgan fingerprint density at radius 1 is 1.06 bits per heavy atom. The summed E-state index contributed by atoms with van der Waals surface area (Å²) in [6, 6.07) is 20.7. The molecule has 0 aromatic heterocycles. The van der Waals surface area contributed by atoms with Gasteiger partial charge >= 0.3 is 0 Å².